The lowest BCUT2D eigenvalue weighted by Crippen LogP contribution is -2.04. The molecule has 0 amide bonds. The smallest absolute Gasteiger partial charge is 0.0719 e. The first kappa shape index (κ1) is 15.6. The molecule has 1 aromatic heterocycles. The van der Waals surface area contributed by atoms with Gasteiger partial charge in [-0.25, -0.2) is 0 Å². The molecule has 4 nitrogen and oxygen atoms in total. The second-order valence-corrected chi connectivity index (χ2v) is 5.45. The number of H-pyrrole nitrogens is 1. The van der Waals surface area contributed by atoms with Gasteiger partial charge in [0, 0.05) is 17.7 Å². The molecule has 23 heavy (non-hydrogen) atoms. The summed E-state index contributed by atoms with van der Waals surface area (Å²) in [5.41, 5.74) is 11.2. The van der Waals surface area contributed by atoms with E-state index < -0.39 is 0 Å². The van der Waals surface area contributed by atoms with E-state index in [4.69, 9.17) is 15.2 Å². The molecule has 120 valence electrons. The highest BCUT2D eigenvalue weighted by atomic mass is 16.5. The van der Waals surface area contributed by atoms with Crippen molar-refractivity contribution >= 4 is 16.6 Å². The molecule has 0 aliphatic carbocycles. The summed E-state index contributed by atoms with van der Waals surface area (Å²) < 4.78 is 10.9. The predicted octanol–water partition coefficient (Wildman–Crippen LogP) is 3.97. The van der Waals surface area contributed by atoms with Crippen LogP contribution in [0.5, 0.6) is 0 Å². The van der Waals surface area contributed by atoms with Crippen LogP contribution >= 0.6 is 0 Å². The summed E-state index contributed by atoms with van der Waals surface area (Å²) in [4.78, 5) is 3.41. The zero-order valence-electron chi connectivity index (χ0n) is 13.3. The lowest BCUT2D eigenvalue weighted by Gasteiger charge is -2.06. The molecule has 3 aromatic rings. The number of fused-ring (bicyclic) bond motifs is 1. The number of rotatable bonds is 7. The van der Waals surface area contributed by atoms with Crippen molar-refractivity contribution in [2.45, 2.75) is 13.5 Å². The number of nitrogen functional groups attached to an aromatic ring is 1. The molecule has 0 saturated carbocycles. The van der Waals surface area contributed by atoms with E-state index in [1.807, 2.05) is 31.2 Å². The highest BCUT2D eigenvalue weighted by Gasteiger charge is 2.07. The number of aromatic amines is 1. The average molecular weight is 310 g/mol. The van der Waals surface area contributed by atoms with E-state index in [2.05, 4.69) is 29.2 Å². The summed E-state index contributed by atoms with van der Waals surface area (Å²) in [6.45, 7) is 4.45. The lowest BCUT2D eigenvalue weighted by atomic mass is 10.1. The summed E-state index contributed by atoms with van der Waals surface area (Å²) in [6, 6.07) is 16.5. The van der Waals surface area contributed by atoms with Gasteiger partial charge in [0.1, 0.15) is 0 Å². The Morgan fingerprint density at radius 1 is 1.00 bits per heavy atom. The molecule has 0 unspecified atom stereocenters. The van der Waals surface area contributed by atoms with Gasteiger partial charge >= 0.3 is 0 Å². The number of nitrogens with two attached hydrogens (primary N) is 1. The third-order valence-corrected chi connectivity index (χ3v) is 3.75. The highest BCUT2D eigenvalue weighted by molar-refractivity contribution is 5.94. The molecule has 0 bridgehead atoms. The van der Waals surface area contributed by atoms with Crippen molar-refractivity contribution in [3.63, 3.8) is 0 Å². The molecule has 0 atom stereocenters. The van der Waals surface area contributed by atoms with Crippen LogP contribution in [0.4, 0.5) is 5.69 Å². The Labute approximate surface area is 136 Å². The molecule has 1 heterocycles. The maximum atomic E-state index is 6.19. The van der Waals surface area contributed by atoms with Gasteiger partial charge in [-0.05, 0) is 36.2 Å². The van der Waals surface area contributed by atoms with Crippen LogP contribution in [0.1, 0.15) is 12.5 Å². The molecule has 0 saturated heterocycles. The van der Waals surface area contributed by atoms with Crippen LogP contribution in [-0.2, 0) is 16.1 Å². The normalized spacial score (nSPS) is 11.2. The summed E-state index contributed by atoms with van der Waals surface area (Å²) in [5, 5.41) is 1.10. The van der Waals surface area contributed by atoms with Gasteiger partial charge in [0.15, 0.2) is 0 Å². The monoisotopic (exact) mass is 310 g/mol. The zero-order valence-corrected chi connectivity index (χ0v) is 13.3. The highest BCUT2D eigenvalue weighted by Crippen LogP contribution is 2.28. The maximum absolute atomic E-state index is 6.19. The first-order valence-electron chi connectivity index (χ1n) is 7.90. The third kappa shape index (κ3) is 3.73. The van der Waals surface area contributed by atoms with Crippen molar-refractivity contribution in [2.24, 2.45) is 0 Å². The van der Waals surface area contributed by atoms with Gasteiger partial charge in [0.25, 0.3) is 0 Å². The number of aromatic nitrogens is 1. The van der Waals surface area contributed by atoms with Crippen LogP contribution in [0.3, 0.4) is 0 Å². The largest absolute Gasteiger partial charge is 0.397 e. The second kappa shape index (κ2) is 7.31. The minimum atomic E-state index is 0.541. The summed E-state index contributed by atoms with van der Waals surface area (Å²) in [5.74, 6) is 0. The van der Waals surface area contributed by atoms with E-state index in [0.29, 0.717) is 26.4 Å². The third-order valence-electron chi connectivity index (χ3n) is 3.75. The Morgan fingerprint density at radius 3 is 2.57 bits per heavy atom. The number of ether oxygens (including phenoxy) is 2. The minimum Gasteiger partial charge on any atom is -0.397 e. The van der Waals surface area contributed by atoms with E-state index in [9.17, 15) is 0 Å². The number of anilines is 1. The van der Waals surface area contributed by atoms with Gasteiger partial charge in [-0.2, -0.15) is 0 Å². The zero-order chi connectivity index (χ0) is 16.1. The summed E-state index contributed by atoms with van der Waals surface area (Å²) in [6.07, 6.45) is 0. The molecular formula is C19H22N2O2. The van der Waals surface area contributed by atoms with E-state index in [0.717, 1.165) is 33.4 Å². The quantitative estimate of drug-likeness (QED) is 0.513. The van der Waals surface area contributed by atoms with E-state index in [-0.39, 0.29) is 0 Å². The van der Waals surface area contributed by atoms with Gasteiger partial charge in [0.05, 0.1) is 31.0 Å². The van der Waals surface area contributed by atoms with Crippen molar-refractivity contribution in [1.29, 1.82) is 0 Å². The molecule has 2 aromatic carbocycles. The lowest BCUT2D eigenvalue weighted by molar-refractivity contribution is 0.0453. The van der Waals surface area contributed by atoms with E-state index >= 15 is 0 Å². The van der Waals surface area contributed by atoms with Gasteiger partial charge in [-0.1, -0.05) is 30.3 Å². The van der Waals surface area contributed by atoms with E-state index in [1.165, 1.54) is 0 Å². The average Bonchev–Trinajstić information content (AvgIpc) is 3.00. The van der Waals surface area contributed by atoms with Crippen molar-refractivity contribution in [1.82, 2.24) is 4.98 Å². The number of hydrogen-bond donors (Lipinski definition) is 2. The maximum Gasteiger partial charge on any atom is 0.0719 e. The number of benzene rings is 2. The molecular weight excluding hydrogens is 288 g/mol. The number of nitrogens with one attached hydrogen (secondary N) is 1. The minimum absolute atomic E-state index is 0.541. The topological polar surface area (TPSA) is 60.3 Å². The number of hydrogen-bond acceptors (Lipinski definition) is 3. The van der Waals surface area contributed by atoms with Gasteiger partial charge in [-0.3, -0.25) is 0 Å². The first-order valence-corrected chi connectivity index (χ1v) is 7.90. The standard InChI is InChI=1S/C19H22N2O2/c1-2-22-8-9-23-13-14-10-16-12-18(15-6-4-3-5-7-15)21-19(16)17(20)11-14/h3-7,10-12,21H,2,8-9,13,20H2,1H3. The molecule has 0 aliphatic rings. The van der Waals surface area contributed by atoms with Crippen LogP contribution in [-0.4, -0.2) is 24.8 Å². The van der Waals surface area contributed by atoms with Crippen LogP contribution in [0.2, 0.25) is 0 Å². The second-order valence-electron chi connectivity index (χ2n) is 5.45. The van der Waals surface area contributed by atoms with Crippen molar-refractivity contribution < 1.29 is 9.47 Å². The molecule has 4 heteroatoms. The van der Waals surface area contributed by atoms with Crippen LogP contribution < -0.4 is 5.73 Å². The first-order chi connectivity index (χ1) is 11.3. The van der Waals surface area contributed by atoms with Crippen LogP contribution in [0.25, 0.3) is 22.2 Å². The van der Waals surface area contributed by atoms with Gasteiger partial charge < -0.3 is 20.2 Å². The summed E-state index contributed by atoms with van der Waals surface area (Å²) in [7, 11) is 0. The predicted molar refractivity (Wildman–Crippen MR) is 94.3 cm³/mol. The molecule has 0 spiro atoms. The van der Waals surface area contributed by atoms with Crippen molar-refractivity contribution in [2.75, 3.05) is 25.6 Å². The molecule has 3 N–H and O–H groups in total. The Kier molecular flexibility index (Phi) is 4.95. The Morgan fingerprint density at radius 2 is 1.78 bits per heavy atom. The summed E-state index contributed by atoms with van der Waals surface area (Å²) >= 11 is 0. The van der Waals surface area contributed by atoms with Crippen molar-refractivity contribution in [3.8, 4) is 11.3 Å². The van der Waals surface area contributed by atoms with Crippen molar-refractivity contribution in [3.05, 3.63) is 54.1 Å². The fourth-order valence-electron chi connectivity index (χ4n) is 2.65. The SMILES string of the molecule is CCOCCOCc1cc(N)c2[nH]c(-c3ccccc3)cc2c1. The van der Waals surface area contributed by atoms with Crippen LogP contribution in [0, 0.1) is 0 Å². The Balaban J connectivity index is 1.78. The molecule has 3 rings (SSSR count). The molecule has 0 radical (unpaired) electrons. The van der Waals surface area contributed by atoms with Gasteiger partial charge in [0.2, 0.25) is 0 Å². The van der Waals surface area contributed by atoms with Gasteiger partial charge in [-0.15, -0.1) is 0 Å². The Hall–Kier alpha value is -2.30. The molecule has 0 fully saturated rings. The fraction of sp³-hybridized carbons (Fsp3) is 0.263. The van der Waals surface area contributed by atoms with E-state index in [1.54, 1.807) is 0 Å². The molecule has 0 aliphatic heterocycles. The fourth-order valence-corrected chi connectivity index (χ4v) is 2.65. The Bertz CT molecular complexity index is 766. The van der Waals surface area contributed by atoms with Crippen LogP contribution in [0.15, 0.2) is 48.5 Å².